The first-order valence-corrected chi connectivity index (χ1v) is 35.6. The molecule has 1 fully saturated rings. The van der Waals surface area contributed by atoms with Gasteiger partial charge in [0.25, 0.3) is 11.8 Å². The number of carbonyl (C=O) groups is 4. The van der Waals surface area contributed by atoms with Gasteiger partial charge in [-0.25, -0.2) is 18.4 Å². The summed E-state index contributed by atoms with van der Waals surface area (Å²) in [6, 6.07) is 59.8. The molecule has 95 heavy (non-hydrogen) atoms. The minimum atomic E-state index is -1.37. The highest BCUT2D eigenvalue weighted by molar-refractivity contribution is 6.76. The summed E-state index contributed by atoms with van der Waals surface area (Å²) < 4.78 is 59.4. The first kappa shape index (κ1) is 64.6. The fourth-order valence-electron chi connectivity index (χ4n) is 12.1. The van der Waals surface area contributed by atoms with Crippen LogP contribution in [0.25, 0.3) is 21.8 Å². The van der Waals surface area contributed by atoms with Crippen molar-refractivity contribution in [1.29, 1.82) is 0 Å². The zero-order valence-corrected chi connectivity index (χ0v) is 54.9. The summed E-state index contributed by atoms with van der Waals surface area (Å²) in [5.74, 6) is 0.460. The van der Waals surface area contributed by atoms with Crippen molar-refractivity contribution in [3.05, 3.63) is 274 Å². The van der Waals surface area contributed by atoms with E-state index in [0.717, 1.165) is 50.4 Å². The number of benzene rings is 8. The minimum absolute atomic E-state index is 0.111. The molecule has 3 aliphatic rings. The number of hydrogen-bond donors (Lipinski definition) is 1. The van der Waals surface area contributed by atoms with E-state index in [9.17, 15) is 28.0 Å². The number of nitrogens with zero attached hydrogens (tertiary/aromatic N) is 5. The van der Waals surface area contributed by atoms with Crippen LogP contribution in [0.3, 0.4) is 0 Å². The maximum Gasteiger partial charge on any atom is 0.415 e. The average molecular weight is 1290 g/mol. The third-order valence-electron chi connectivity index (χ3n) is 16.8. The highest BCUT2D eigenvalue weighted by Crippen LogP contribution is 2.49. The van der Waals surface area contributed by atoms with Crippen LogP contribution in [0.15, 0.2) is 207 Å². The highest BCUT2D eigenvalue weighted by Gasteiger charge is 2.41. The Bertz CT molecular complexity index is 4330. The number of aromatic nitrogens is 2. The van der Waals surface area contributed by atoms with Crippen molar-refractivity contribution in [2.75, 3.05) is 19.7 Å². The van der Waals surface area contributed by atoms with Gasteiger partial charge in [-0.3, -0.25) is 19.6 Å². The predicted octanol–water partition coefficient (Wildman–Crippen LogP) is 16.2. The normalized spacial score (nSPS) is 14.4. The van der Waals surface area contributed by atoms with Gasteiger partial charge in [0.1, 0.15) is 52.0 Å². The van der Waals surface area contributed by atoms with Gasteiger partial charge >= 0.3 is 12.2 Å². The average Bonchev–Trinajstić information content (AvgIpc) is 1.67. The summed E-state index contributed by atoms with van der Waals surface area (Å²) in [5.41, 5.74) is 7.59. The molecule has 10 aromatic rings. The Kier molecular flexibility index (Phi) is 19.1. The van der Waals surface area contributed by atoms with E-state index in [4.69, 9.17) is 28.7 Å². The zero-order chi connectivity index (χ0) is 66.4. The lowest BCUT2D eigenvalue weighted by Crippen LogP contribution is -2.41. The number of halogens is 2. The fourth-order valence-corrected chi connectivity index (χ4v) is 12.8. The first-order valence-electron chi connectivity index (χ1n) is 31.9. The Morgan fingerprint density at radius 1 is 0.568 bits per heavy atom. The van der Waals surface area contributed by atoms with Crippen LogP contribution in [-0.2, 0) is 30.9 Å². The predicted molar refractivity (Wildman–Crippen MR) is 363 cm³/mol. The highest BCUT2D eigenvalue weighted by atomic mass is 28.3. The molecule has 18 heteroatoms. The number of hydrogen-bond acceptors (Lipinski definition) is 11. The quantitative estimate of drug-likeness (QED) is 0.0814. The molecule has 0 spiro atoms. The van der Waals surface area contributed by atoms with E-state index in [1.54, 1.807) is 79.4 Å². The van der Waals surface area contributed by atoms with Gasteiger partial charge in [0.05, 0.1) is 36.9 Å². The van der Waals surface area contributed by atoms with Gasteiger partial charge in [-0.05, 0) is 115 Å². The minimum Gasteiger partial charge on any atom is -0.493 e. The van der Waals surface area contributed by atoms with Crippen molar-refractivity contribution >= 4 is 53.9 Å². The fraction of sp³-hybridized carbons (Fsp3) is 0.247. The van der Waals surface area contributed by atoms with E-state index in [1.807, 2.05) is 133 Å². The van der Waals surface area contributed by atoms with Gasteiger partial charge in [-0.1, -0.05) is 165 Å². The van der Waals surface area contributed by atoms with Crippen molar-refractivity contribution in [1.82, 2.24) is 30.0 Å². The molecule has 1 unspecified atom stereocenters. The van der Waals surface area contributed by atoms with Crippen molar-refractivity contribution < 1.29 is 51.6 Å². The van der Waals surface area contributed by atoms with E-state index in [2.05, 4.69) is 29.9 Å². The lowest BCUT2D eigenvalue weighted by atomic mass is 9.99. The van der Waals surface area contributed by atoms with E-state index in [0.29, 0.717) is 71.7 Å². The molecular formula is C77H74F2N6O9Si. The van der Waals surface area contributed by atoms with Gasteiger partial charge in [-0.15, -0.1) is 0 Å². The van der Waals surface area contributed by atoms with Gasteiger partial charge in [0.15, 0.2) is 11.5 Å². The summed E-state index contributed by atoms with van der Waals surface area (Å²) in [6.45, 7) is 14.4. The molecule has 1 atom stereocenters. The molecule has 3 aliphatic heterocycles. The monoisotopic (exact) mass is 1290 g/mol. The second kappa shape index (κ2) is 28.0. The van der Waals surface area contributed by atoms with Crippen molar-refractivity contribution in [3.8, 4) is 23.0 Å². The number of rotatable bonds is 18. The van der Waals surface area contributed by atoms with Gasteiger partial charge < -0.3 is 43.7 Å². The van der Waals surface area contributed by atoms with Crippen LogP contribution in [0.1, 0.15) is 105 Å². The lowest BCUT2D eigenvalue weighted by molar-refractivity contribution is 0.0504. The molecule has 2 aromatic heterocycles. The number of amides is 4. The molecule has 484 valence electrons. The number of ether oxygens (including phenoxy) is 5. The molecule has 0 bridgehead atoms. The summed E-state index contributed by atoms with van der Waals surface area (Å²) in [7, 11) is -1.37. The maximum absolute atomic E-state index is 14.5. The van der Waals surface area contributed by atoms with Gasteiger partial charge in [0, 0.05) is 68.5 Å². The lowest BCUT2D eigenvalue weighted by Gasteiger charge is -2.24. The molecule has 8 aromatic carbocycles. The van der Waals surface area contributed by atoms with Gasteiger partial charge in [-0.2, -0.15) is 0 Å². The third-order valence-corrected chi connectivity index (χ3v) is 18.5. The molecule has 4 amide bonds. The summed E-state index contributed by atoms with van der Waals surface area (Å²) in [5, 5.41) is 4.16. The van der Waals surface area contributed by atoms with Crippen LogP contribution >= 0.6 is 0 Å². The number of carbonyl (C=O) groups excluding carboxylic acids is 4. The largest absolute Gasteiger partial charge is 0.493 e. The number of likely N-dealkylation sites (tertiary alicyclic amines) is 1. The Hall–Kier alpha value is -10.5. The van der Waals surface area contributed by atoms with E-state index in [-0.39, 0.29) is 66.2 Å². The summed E-state index contributed by atoms with van der Waals surface area (Å²) in [4.78, 5) is 69.3. The molecule has 0 saturated carbocycles. The third kappa shape index (κ3) is 15.0. The number of nitrogens with one attached hydrogen (secondary N) is 1. The molecule has 15 nitrogen and oxygen atoms in total. The summed E-state index contributed by atoms with van der Waals surface area (Å²) >= 11 is 0. The van der Waals surface area contributed by atoms with Crippen LogP contribution in [0.4, 0.5) is 18.4 Å². The Morgan fingerprint density at radius 3 is 1.41 bits per heavy atom. The van der Waals surface area contributed by atoms with E-state index in [1.165, 1.54) is 29.2 Å². The van der Waals surface area contributed by atoms with Crippen molar-refractivity contribution in [3.63, 3.8) is 0 Å². The molecule has 13 rings (SSSR count). The van der Waals surface area contributed by atoms with Crippen LogP contribution in [0.5, 0.6) is 23.0 Å². The van der Waals surface area contributed by atoms with E-state index >= 15 is 0 Å². The Balaban J connectivity index is 0.000000185. The van der Waals surface area contributed by atoms with E-state index < -0.39 is 38.1 Å². The number of alkyl carbamates (subject to hydrolysis) is 1. The molecule has 1 saturated heterocycles. The zero-order valence-electron chi connectivity index (χ0n) is 53.9. The molecule has 1 N–H and O–H groups in total. The first-order chi connectivity index (χ1) is 45.8. The second-order valence-corrected chi connectivity index (χ2v) is 31.8. The molecular weight excluding hydrogens is 1220 g/mol. The van der Waals surface area contributed by atoms with Crippen LogP contribution in [-0.4, -0.2) is 88.1 Å². The standard InChI is InChI=1S/C41H39FN4O6.C36H35FN2O3Si/c1-41(2,3)52-39(48)44-30-20-22-45(24-30)40(49)51-36-31-15-10-21-43-34(31)37(50-35(27-11-6-4-7-12-27)28-13-8-5-9-14-28)33-32(36)25-46(38(33)47)23-26-16-18-29(42)19-17-26;1-43(2,3)22-21-41-34-29-15-10-20-38-32(29)35(42-33(26-11-6-4-7-12-26)27-13-8-5-9-14-27)31-30(34)24-39(36(31)40)23-25-16-18-28(37)19-17-25/h4-19,21,30,35H,20,22-25H2,1-3H3,(H,44,48);4-20,33H,21-24H2,1-3H3. The topological polar surface area (TPSA) is 162 Å². The molecule has 0 aliphatic carbocycles. The number of pyridine rings is 2. The maximum atomic E-state index is 14.5. The van der Waals surface area contributed by atoms with Crippen molar-refractivity contribution in [2.24, 2.45) is 0 Å². The molecule has 0 radical (unpaired) electrons. The Morgan fingerprint density at radius 2 is 0.989 bits per heavy atom. The number of fused-ring (bicyclic) bond motifs is 4. The van der Waals surface area contributed by atoms with Gasteiger partial charge in [0.2, 0.25) is 0 Å². The molecule has 5 heterocycles. The Labute approximate surface area is 552 Å². The SMILES string of the molecule is CC(C)(C)OC(=O)NC1CCN(C(=O)Oc2c3c(c(OC(c4ccccc4)c4ccccc4)c4ncccc24)C(=O)N(Cc2ccc(F)cc2)C3)C1.C[Si](C)(C)CCOc1c2c(c(OC(c3ccccc3)c3ccccc3)c3ncccc13)C(=O)N(Cc1ccc(F)cc1)C2. The van der Waals surface area contributed by atoms with Crippen molar-refractivity contribution in [2.45, 2.75) is 103 Å². The van der Waals surface area contributed by atoms with Crippen LogP contribution in [0, 0.1) is 11.6 Å². The summed E-state index contributed by atoms with van der Waals surface area (Å²) in [6.07, 6.45) is 1.62. The smallest absolute Gasteiger partial charge is 0.415 e. The van der Waals surface area contributed by atoms with Crippen LogP contribution < -0.4 is 24.3 Å². The second-order valence-electron chi connectivity index (χ2n) is 26.1. The van der Waals surface area contributed by atoms with Crippen LogP contribution in [0.2, 0.25) is 25.7 Å².